The van der Waals surface area contributed by atoms with Crippen molar-refractivity contribution < 1.29 is 14.2 Å². The Bertz CT molecular complexity index is 367. The highest BCUT2D eigenvalue weighted by atomic mass is 16.5. The maximum Gasteiger partial charge on any atom is 0.0742 e. The van der Waals surface area contributed by atoms with Crippen LogP contribution in [0.2, 0.25) is 0 Å². The second-order valence-electron chi connectivity index (χ2n) is 5.21. The summed E-state index contributed by atoms with van der Waals surface area (Å²) < 4.78 is 16.3. The van der Waals surface area contributed by atoms with Crippen LogP contribution in [0.1, 0.15) is 30.5 Å². The Morgan fingerprint density at radius 1 is 1.05 bits per heavy atom. The van der Waals surface area contributed by atoms with Gasteiger partial charge in [-0.2, -0.15) is 0 Å². The smallest absolute Gasteiger partial charge is 0.0742 e. The lowest BCUT2D eigenvalue weighted by Crippen LogP contribution is -2.30. The monoisotopic (exact) mass is 295 g/mol. The molecule has 2 atom stereocenters. The van der Waals surface area contributed by atoms with Crippen LogP contribution in [-0.4, -0.2) is 46.7 Å². The van der Waals surface area contributed by atoms with E-state index in [0.29, 0.717) is 13.2 Å². The molecule has 21 heavy (non-hydrogen) atoms. The number of nitrogens with one attached hydrogen (secondary N) is 1. The lowest BCUT2D eigenvalue weighted by Gasteiger charge is -2.24. The molecule has 0 aromatic heterocycles. The van der Waals surface area contributed by atoms with Crippen molar-refractivity contribution >= 4 is 0 Å². The van der Waals surface area contributed by atoms with Gasteiger partial charge in [0.05, 0.1) is 25.4 Å². The van der Waals surface area contributed by atoms with Crippen LogP contribution in [0.5, 0.6) is 0 Å². The molecule has 4 heteroatoms. The second kappa shape index (κ2) is 10.7. The van der Waals surface area contributed by atoms with Gasteiger partial charge in [0.1, 0.15) is 0 Å². The van der Waals surface area contributed by atoms with Crippen molar-refractivity contribution in [3.8, 4) is 0 Å². The van der Waals surface area contributed by atoms with Crippen molar-refractivity contribution in [1.29, 1.82) is 0 Å². The largest absolute Gasteiger partial charge is 0.385 e. The van der Waals surface area contributed by atoms with Gasteiger partial charge in [-0.05, 0) is 32.9 Å². The Balaban J connectivity index is 2.28. The third-order valence-electron chi connectivity index (χ3n) is 3.46. The van der Waals surface area contributed by atoms with Gasteiger partial charge < -0.3 is 19.5 Å². The molecule has 4 nitrogen and oxygen atoms in total. The molecule has 1 rings (SSSR count). The molecule has 0 fully saturated rings. The van der Waals surface area contributed by atoms with E-state index < -0.39 is 0 Å². The van der Waals surface area contributed by atoms with Crippen LogP contribution < -0.4 is 5.32 Å². The minimum Gasteiger partial charge on any atom is -0.385 e. The fourth-order valence-corrected chi connectivity index (χ4v) is 2.24. The van der Waals surface area contributed by atoms with Gasteiger partial charge in [0.2, 0.25) is 0 Å². The van der Waals surface area contributed by atoms with Crippen LogP contribution in [0.25, 0.3) is 0 Å². The highest BCUT2D eigenvalue weighted by molar-refractivity contribution is 5.24. The van der Waals surface area contributed by atoms with Gasteiger partial charge in [0, 0.05) is 20.3 Å². The van der Waals surface area contributed by atoms with Gasteiger partial charge in [-0.3, -0.25) is 0 Å². The molecule has 1 aromatic carbocycles. The fraction of sp³-hybridized carbons (Fsp3) is 0.647. The molecule has 0 aliphatic heterocycles. The average Bonchev–Trinajstić information content (AvgIpc) is 2.49. The van der Waals surface area contributed by atoms with Crippen LogP contribution >= 0.6 is 0 Å². The van der Waals surface area contributed by atoms with Crippen molar-refractivity contribution in [3.63, 3.8) is 0 Å². The summed E-state index contributed by atoms with van der Waals surface area (Å²) in [4.78, 5) is 0. The van der Waals surface area contributed by atoms with Gasteiger partial charge in [0.25, 0.3) is 0 Å². The quantitative estimate of drug-likeness (QED) is 0.637. The normalized spacial score (nSPS) is 14.1. The summed E-state index contributed by atoms with van der Waals surface area (Å²) in [6.07, 6.45) is 1.02. The van der Waals surface area contributed by atoms with E-state index in [-0.39, 0.29) is 12.1 Å². The zero-order valence-corrected chi connectivity index (χ0v) is 13.7. The Hall–Kier alpha value is -0.940. The molecule has 2 unspecified atom stereocenters. The van der Waals surface area contributed by atoms with E-state index in [9.17, 15) is 0 Å². The number of ether oxygens (including phenoxy) is 3. The number of aryl methyl sites for hydroxylation is 1. The van der Waals surface area contributed by atoms with Gasteiger partial charge in [-0.1, -0.05) is 29.8 Å². The van der Waals surface area contributed by atoms with Crippen LogP contribution in [-0.2, 0) is 14.2 Å². The molecular weight excluding hydrogens is 266 g/mol. The summed E-state index contributed by atoms with van der Waals surface area (Å²) in [7, 11) is 3.67. The molecule has 0 aliphatic carbocycles. The van der Waals surface area contributed by atoms with E-state index in [2.05, 4.69) is 43.4 Å². The first-order valence-electron chi connectivity index (χ1n) is 7.61. The second-order valence-corrected chi connectivity index (χ2v) is 5.21. The third-order valence-corrected chi connectivity index (χ3v) is 3.46. The SMILES string of the molecule is CNC(c1ccc(C)cc1)C(C)OCCOCCCOC. The topological polar surface area (TPSA) is 39.7 Å². The highest BCUT2D eigenvalue weighted by Crippen LogP contribution is 2.19. The summed E-state index contributed by atoms with van der Waals surface area (Å²) in [5.74, 6) is 0. The standard InChI is InChI=1S/C17H29NO3/c1-14-6-8-16(9-7-14)17(18-3)15(2)21-13-12-20-11-5-10-19-4/h6-9,15,17-18H,5,10-13H2,1-4H3. The van der Waals surface area contributed by atoms with Gasteiger partial charge >= 0.3 is 0 Å². The third kappa shape index (κ3) is 7.05. The average molecular weight is 295 g/mol. The van der Waals surface area contributed by atoms with Crippen molar-refractivity contribution in [2.75, 3.05) is 40.6 Å². The number of likely N-dealkylation sites (N-methyl/N-ethyl adjacent to an activating group) is 1. The van der Waals surface area contributed by atoms with E-state index in [0.717, 1.165) is 19.6 Å². The maximum atomic E-state index is 5.87. The fourth-order valence-electron chi connectivity index (χ4n) is 2.24. The molecule has 1 aromatic rings. The molecular formula is C17H29NO3. The minimum absolute atomic E-state index is 0.0975. The van der Waals surface area contributed by atoms with E-state index in [1.807, 2.05) is 7.05 Å². The maximum absolute atomic E-state index is 5.87. The molecule has 0 bridgehead atoms. The first kappa shape index (κ1) is 18.1. The van der Waals surface area contributed by atoms with Crippen LogP contribution in [0.3, 0.4) is 0 Å². The lowest BCUT2D eigenvalue weighted by molar-refractivity contribution is -0.00537. The van der Waals surface area contributed by atoms with Crippen molar-refractivity contribution in [2.45, 2.75) is 32.4 Å². The Morgan fingerprint density at radius 3 is 2.38 bits per heavy atom. The predicted octanol–water partition coefficient (Wildman–Crippen LogP) is 2.71. The molecule has 1 N–H and O–H groups in total. The first-order valence-corrected chi connectivity index (χ1v) is 7.61. The number of methoxy groups -OCH3 is 1. The van der Waals surface area contributed by atoms with E-state index >= 15 is 0 Å². The molecule has 120 valence electrons. The van der Waals surface area contributed by atoms with Crippen molar-refractivity contribution in [3.05, 3.63) is 35.4 Å². The van der Waals surface area contributed by atoms with Gasteiger partial charge in [0.15, 0.2) is 0 Å². The van der Waals surface area contributed by atoms with E-state index in [1.165, 1.54) is 11.1 Å². The van der Waals surface area contributed by atoms with Gasteiger partial charge in [-0.15, -0.1) is 0 Å². The summed E-state index contributed by atoms with van der Waals surface area (Å²) >= 11 is 0. The summed E-state index contributed by atoms with van der Waals surface area (Å²) in [6.45, 7) is 6.88. The number of benzene rings is 1. The van der Waals surface area contributed by atoms with E-state index in [4.69, 9.17) is 14.2 Å². The summed E-state index contributed by atoms with van der Waals surface area (Å²) in [5.41, 5.74) is 2.52. The number of rotatable bonds is 11. The van der Waals surface area contributed by atoms with Gasteiger partial charge in [-0.25, -0.2) is 0 Å². The van der Waals surface area contributed by atoms with E-state index in [1.54, 1.807) is 7.11 Å². The molecule has 0 spiro atoms. The molecule has 0 amide bonds. The molecule has 0 saturated carbocycles. The lowest BCUT2D eigenvalue weighted by atomic mass is 10.0. The van der Waals surface area contributed by atoms with Crippen LogP contribution in [0.15, 0.2) is 24.3 Å². The molecule has 0 radical (unpaired) electrons. The Morgan fingerprint density at radius 2 is 1.76 bits per heavy atom. The van der Waals surface area contributed by atoms with Crippen molar-refractivity contribution in [2.24, 2.45) is 0 Å². The number of hydrogen-bond donors (Lipinski definition) is 1. The molecule has 0 aliphatic rings. The predicted molar refractivity (Wildman–Crippen MR) is 85.7 cm³/mol. The van der Waals surface area contributed by atoms with Crippen molar-refractivity contribution in [1.82, 2.24) is 5.32 Å². The highest BCUT2D eigenvalue weighted by Gasteiger charge is 2.17. The summed E-state index contributed by atoms with van der Waals surface area (Å²) in [5, 5.41) is 3.32. The van der Waals surface area contributed by atoms with Crippen LogP contribution in [0.4, 0.5) is 0 Å². The van der Waals surface area contributed by atoms with Crippen LogP contribution in [0, 0.1) is 6.92 Å². The zero-order chi connectivity index (χ0) is 15.5. The Kier molecular flexibility index (Phi) is 9.26. The number of hydrogen-bond acceptors (Lipinski definition) is 4. The molecule has 0 saturated heterocycles. The zero-order valence-electron chi connectivity index (χ0n) is 13.7. The minimum atomic E-state index is 0.0975. The molecule has 0 heterocycles. The first-order chi connectivity index (χ1) is 10.2. The Labute approximate surface area is 128 Å². The summed E-state index contributed by atoms with van der Waals surface area (Å²) in [6, 6.07) is 8.75.